The van der Waals surface area contributed by atoms with E-state index < -0.39 is 29.1 Å². The molecule has 114 valence electrons. The van der Waals surface area contributed by atoms with Crippen LogP contribution in [0.15, 0.2) is 23.1 Å². The van der Waals surface area contributed by atoms with Gasteiger partial charge in [0, 0.05) is 12.6 Å². The summed E-state index contributed by atoms with van der Waals surface area (Å²) in [6.07, 6.45) is -5.09. The van der Waals surface area contributed by atoms with Crippen molar-refractivity contribution in [1.82, 2.24) is 4.72 Å². The Hall–Kier alpha value is -1.45. The molecule has 0 radical (unpaired) electrons. The Morgan fingerprint density at radius 3 is 2.35 bits per heavy atom. The van der Waals surface area contributed by atoms with E-state index in [-0.39, 0.29) is 10.6 Å². The third-order valence-corrected chi connectivity index (χ3v) is 3.86. The number of hydrogen-bond acceptors (Lipinski definition) is 5. The SMILES string of the molecule is COc1ccc(S(=O)(=O)NCC(O)C(F)F)cc1OC. The van der Waals surface area contributed by atoms with Crippen molar-refractivity contribution in [2.24, 2.45) is 0 Å². The topological polar surface area (TPSA) is 84.9 Å². The van der Waals surface area contributed by atoms with Crippen molar-refractivity contribution in [3.63, 3.8) is 0 Å². The predicted molar refractivity (Wildman–Crippen MR) is 66.7 cm³/mol. The fourth-order valence-corrected chi connectivity index (χ4v) is 2.42. The summed E-state index contributed by atoms with van der Waals surface area (Å²) < 4.78 is 59.7. The maximum Gasteiger partial charge on any atom is 0.265 e. The first-order valence-electron chi connectivity index (χ1n) is 5.49. The van der Waals surface area contributed by atoms with Crippen LogP contribution < -0.4 is 14.2 Å². The van der Waals surface area contributed by atoms with Gasteiger partial charge in [-0.3, -0.25) is 0 Å². The van der Waals surface area contributed by atoms with Crippen molar-refractivity contribution in [2.75, 3.05) is 20.8 Å². The van der Waals surface area contributed by atoms with Gasteiger partial charge in [-0.1, -0.05) is 0 Å². The van der Waals surface area contributed by atoms with Gasteiger partial charge in [0.25, 0.3) is 6.43 Å². The van der Waals surface area contributed by atoms with Crippen molar-refractivity contribution < 1.29 is 31.8 Å². The molecule has 1 rings (SSSR count). The summed E-state index contributed by atoms with van der Waals surface area (Å²) >= 11 is 0. The van der Waals surface area contributed by atoms with E-state index in [9.17, 15) is 17.2 Å². The zero-order chi connectivity index (χ0) is 15.3. The zero-order valence-electron chi connectivity index (χ0n) is 10.8. The van der Waals surface area contributed by atoms with E-state index in [4.69, 9.17) is 14.6 Å². The highest BCUT2D eigenvalue weighted by Crippen LogP contribution is 2.29. The highest BCUT2D eigenvalue weighted by molar-refractivity contribution is 7.89. The number of methoxy groups -OCH3 is 2. The molecule has 0 saturated carbocycles. The summed E-state index contributed by atoms with van der Waals surface area (Å²) in [6.45, 7) is -0.783. The van der Waals surface area contributed by atoms with Crippen LogP contribution in [0.25, 0.3) is 0 Å². The quantitative estimate of drug-likeness (QED) is 0.770. The summed E-state index contributed by atoms with van der Waals surface area (Å²) in [6, 6.07) is 3.80. The van der Waals surface area contributed by atoms with Gasteiger partial charge >= 0.3 is 0 Å². The predicted octanol–water partition coefficient (Wildman–Crippen LogP) is 0.608. The molecule has 1 aromatic carbocycles. The minimum atomic E-state index is -4.03. The van der Waals surface area contributed by atoms with E-state index in [1.807, 2.05) is 4.72 Å². The number of sulfonamides is 1. The number of rotatable bonds is 7. The smallest absolute Gasteiger partial charge is 0.265 e. The number of aliphatic hydroxyl groups is 1. The van der Waals surface area contributed by atoms with Crippen LogP contribution >= 0.6 is 0 Å². The molecule has 1 atom stereocenters. The average Bonchev–Trinajstić information content (AvgIpc) is 2.43. The minimum absolute atomic E-state index is 0.184. The standard InChI is InChI=1S/C11H15F2NO5S/c1-18-9-4-3-7(5-10(9)19-2)20(16,17)14-6-8(15)11(12)13/h3-5,8,11,14-15H,6H2,1-2H3. The lowest BCUT2D eigenvalue weighted by Crippen LogP contribution is -2.35. The molecule has 0 saturated heterocycles. The van der Waals surface area contributed by atoms with Crippen molar-refractivity contribution in [3.8, 4) is 11.5 Å². The Labute approximate surface area is 115 Å². The van der Waals surface area contributed by atoms with Crippen molar-refractivity contribution in [1.29, 1.82) is 0 Å². The molecule has 0 heterocycles. The van der Waals surface area contributed by atoms with Crippen LogP contribution in [0.3, 0.4) is 0 Å². The van der Waals surface area contributed by atoms with Crippen molar-refractivity contribution in [3.05, 3.63) is 18.2 Å². The van der Waals surface area contributed by atoms with Gasteiger partial charge in [0.1, 0.15) is 6.10 Å². The van der Waals surface area contributed by atoms with Gasteiger partial charge in [0.2, 0.25) is 10.0 Å². The van der Waals surface area contributed by atoms with Crippen LogP contribution in [-0.2, 0) is 10.0 Å². The van der Waals surface area contributed by atoms with Crippen LogP contribution in [0.2, 0.25) is 0 Å². The molecular formula is C11H15F2NO5S. The molecule has 0 aliphatic heterocycles. The third kappa shape index (κ3) is 4.02. The van der Waals surface area contributed by atoms with E-state index in [0.29, 0.717) is 5.75 Å². The first-order chi connectivity index (χ1) is 9.31. The first kappa shape index (κ1) is 16.6. The van der Waals surface area contributed by atoms with E-state index >= 15 is 0 Å². The largest absolute Gasteiger partial charge is 0.493 e. The van der Waals surface area contributed by atoms with Gasteiger partial charge in [0.05, 0.1) is 19.1 Å². The summed E-state index contributed by atoms with van der Waals surface area (Å²) in [4.78, 5) is -0.184. The van der Waals surface area contributed by atoms with E-state index in [0.717, 1.165) is 0 Å². The number of hydrogen-bond donors (Lipinski definition) is 2. The Kier molecular flexibility index (Phi) is 5.66. The molecule has 0 aromatic heterocycles. The Morgan fingerprint density at radius 1 is 1.25 bits per heavy atom. The molecule has 0 amide bonds. The molecule has 2 N–H and O–H groups in total. The average molecular weight is 311 g/mol. The summed E-state index contributed by atoms with van der Waals surface area (Å²) in [5.74, 6) is 0.517. The molecule has 6 nitrogen and oxygen atoms in total. The molecule has 1 unspecified atom stereocenters. The Morgan fingerprint density at radius 2 is 1.85 bits per heavy atom. The van der Waals surface area contributed by atoms with Gasteiger partial charge in [-0.2, -0.15) is 0 Å². The van der Waals surface area contributed by atoms with Crippen LogP contribution in [0.5, 0.6) is 11.5 Å². The molecule has 20 heavy (non-hydrogen) atoms. The molecule has 1 aromatic rings. The minimum Gasteiger partial charge on any atom is -0.493 e. The van der Waals surface area contributed by atoms with Gasteiger partial charge in [-0.05, 0) is 12.1 Å². The second-order valence-corrected chi connectivity index (χ2v) is 5.54. The number of benzene rings is 1. The molecule has 0 aliphatic carbocycles. The summed E-state index contributed by atoms with van der Waals surface area (Å²) in [5, 5.41) is 8.90. The summed E-state index contributed by atoms with van der Waals surface area (Å²) in [5.41, 5.74) is 0. The zero-order valence-corrected chi connectivity index (χ0v) is 11.7. The van der Waals surface area contributed by atoms with Crippen LogP contribution in [0.1, 0.15) is 0 Å². The highest BCUT2D eigenvalue weighted by Gasteiger charge is 2.22. The van der Waals surface area contributed by atoms with E-state index in [1.165, 1.54) is 32.4 Å². The molecular weight excluding hydrogens is 296 g/mol. The number of nitrogens with one attached hydrogen (secondary N) is 1. The van der Waals surface area contributed by atoms with Crippen molar-refractivity contribution in [2.45, 2.75) is 17.4 Å². The second kappa shape index (κ2) is 6.82. The lowest BCUT2D eigenvalue weighted by atomic mass is 10.3. The number of aliphatic hydroxyl groups excluding tert-OH is 1. The highest BCUT2D eigenvalue weighted by atomic mass is 32.2. The molecule has 0 fully saturated rings. The normalized spacial score (nSPS) is 13.3. The van der Waals surface area contributed by atoms with Gasteiger partial charge in [-0.15, -0.1) is 0 Å². The third-order valence-electron chi connectivity index (χ3n) is 2.44. The van der Waals surface area contributed by atoms with Crippen LogP contribution in [-0.4, -0.2) is 46.8 Å². The number of ether oxygens (including phenoxy) is 2. The molecule has 9 heteroatoms. The van der Waals surface area contributed by atoms with Crippen molar-refractivity contribution >= 4 is 10.0 Å². The maximum absolute atomic E-state index is 12.1. The maximum atomic E-state index is 12.1. The molecule has 0 bridgehead atoms. The fourth-order valence-electron chi connectivity index (χ4n) is 1.35. The van der Waals surface area contributed by atoms with Gasteiger partial charge < -0.3 is 14.6 Å². The lowest BCUT2D eigenvalue weighted by molar-refractivity contribution is -0.000452. The lowest BCUT2D eigenvalue weighted by Gasteiger charge is -2.13. The summed E-state index contributed by atoms with van der Waals surface area (Å²) in [7, 11) is -1.30. The van der Waals surface area contributed by atoms with Gasteiger partial charge in [-0.25, -0.2) is 21.9 Å². The fraction of sp³-hybridized carbons (Fsp3) is 0.455. The van der Waals surface area contributed by atoms with Gasteiger partial charge in [0.15, 0.2) is 11.5 Å². The number of alkyl halides is 2. The second-order valence-electron chi connectivity index (χ2n) is 3.77. The monoisotopic (exact) mass is 311 g/mol. The van der Waals surface area contributed by atoms with E-state index in [2.05, 4.69) is 0 Å². The molecule has 0 aliphatic rings. The van der Waals surface area contributed by atoms with Crippen LogP contribution in [0, 0.1) is 0 Å². The molecule has 0 spiro atoms. The van der Waals surface area contributed by atoms with E-state index in [1.54, 1.807) is 0 Å². The Balaban J connectivity index is 2.93. The Bertz CT molecular complexity index is 550. The van der Waals surface area contributed by atoms with Crippen LogP contribution in [0.4, 0.5) is 8.78 Å². The first-order valence-corrected chi connectivity index (χ1v) is 6.98. The number of halogens is 2.